The molecule has 262 valence electrons. The molecule has 1 heterocycles. The zero-order valence-electron chi connectivity index (χ0n) is 29.5. The predicted molar refractivity (Wildman–Crippen MR) is 205 cm³/mol. The summed E-state index contributed by atoms with van der Waals surface area (Å²) in [6.45, 7) is 20.3. The maximum absolute atomic E-state index is 15.7. The molecule has 5 aromatic rings. The molecule has 9 heteroatoms. The predicted octanol–water partition coefficient (Wildman–Crippen LogP) is 11.3. The maximum Gasteiger partial charge on any atom is 0.197 e. The van der Waals surface area contributed by atoms with Crippen molar-refractivity contribution in [3.63, 3.8) is 0 Å². The molecule has 1 aromatic heterocycles. The van der Waals surface area contributed by atoms with Gasteiger partial charge in [-0.2, -0.15) is 0 Å². The lowest BCUT2D eigenvalue weighted by Crippen LogP contribution is -2.29. The van der Waals surface area contributed by atoms with E-state index < -0.39 is 34.3 Å². The second kappa shape index (κ2) is 14.3. The lowest BCUT2D eigenvalue weighted by atomic mass is 9.79. The molecule has 4 aromatic carbocycles. The number of amidine groups is 1. The average Bonchev–Trinajstić information content (AvgIpc) is 3.10. The summed E-state index contributed by atoms with van der Waals surface area (Å²) in [5, 5.41) is 10.1. The van der Waals surface area contributed by atoms with E-state index >= 15 is 8.78 Å². The standard InChI is InChI=1S/C42H40F4N3OP/c1-9-34(47-10-2)49(39-36(44)35(43)37(45)40(51)38(39)46)29-15-13-14-24(20-29)31-21-26(22-32(48-31)30-16-11-12-17-33(30)50)25-18-27(41(3,4)5)23-28(19-25)42(6,7)8/h9-23,50H,1-2,51H2,3-8H3. The smallest absolute Gasteiger partial charge is 0.197 e. The van der Waals surface area contributed by atoms with Gasteiger partial charge >= 0.3 is 0 Å². The molecule has 1 N–H and O–H groups in total. The molecule has 0 saturated heterocycles. The number of pyridine rings is 1. The highest BCUT2D eigenvalue weighted by Gasteiger charge is 2.30. The first-order valence-corrected chi connectivity index (χ1v) is 16.8. The van der Waals surface area contributed by atoms with Crippen molar-refractivity contribution in [1.29, 1.82) is 0 Å². The van der Waals surface area contributed by atoms with Crippen LogP contribution >= 0.6 is 9.24 Å². The van der Waals surface area contributed by atoms with E-state index in [-0.39, 0.29) is 28.1 Å². The van der Waals surface area contributed by atoms with Crippen molar-refractivity contribution in [2.45, 2.75) is 52.4 Å². The Morgan fingerprint density at radius 1 is 0.725 bits per heavy atom. The molecule has 0 spiro atoms. The van der Waals surface area contributed by atoms with Gasteiger partial charge in [0.05, 0.1) is 11.4 Å². The zero-order chi connectivity index (χ0) is 37.4. The van der Waals surface area contributed by atoms with Gasteiger partial charge in [0.25, 0.3) is 0 Å². The molecular weight excluding hydrogens is 669 g/mol. The van der Waals surface area contributed by atoms with Crippen LogP contribution in [0.2, 0.25) is 0 Å². The molecule has 0 fully saturated rings. The summed E-state index contributed by atoms with van der Waals surface area (Å²) in [6, 6.07) is 23.8. The first kappa shape index (κ1) is 37.2. The summed E-state index contributed by atoms with van der Waals surface area (Å²) in [5.74, 6) is -6.63. The number of hydrogen-bond donors (Lipinski definition) is 1. The second-order valence-corrected chi connectivity index (χ2v) is 14.8. The Balaban J connectivity index is 1.81. The van der Waals surface area contributed by atoms with Gasteiger partial charge in [-0.05, 0) is 75.6 Å². The molecule has 5 rings (SSSR count). The average molecular weight is 710 g/mol. The number of aromatic nitrogens is 1. The topological polar surface area (TPSA) is 48.7 Å². The highest BCUT2D eigenvalue weighted by atomic mass is 31.0. The van der Waals surface area contributed by atoms with Crippen LogP contribution in [0.3, 0.4) is 0 Å². The highest BCUT2D eigenvalue weighted by Crippen LogP contribution is 2.40. The number of benzene rings is 4. The third-order valence-electron chi connectivity index (χ3n) is 8.54. The summed E-state index contributed by atoms with van der Waals surface area (Å²) in [7, 11) is 1.78. The normalized spacial score (nSPS) is 12.2. The Morgan fingerprint density at radius 2 is 1.33 bits per heavy atom. The number of halogens is 4. The molecule has 0 saturated carbocycles. The van der Waals surface area contributed by atoms with Crippen molar-refractivity contribution < 1.29 is 22.7 Å². The summed E-state index contributed by atoms with van der Waals surface area (Å²) in [6.07, 6.45) is 2.37. The number of phenolic OH excluding ortho intramolecular Hbond substituents is 1. The number of aliphatic imine (C=N–C) groups is 1. The van der Waals surface area contributed by atoms with Crippen LogP contribution in [0.5, 0.6) is 5.75 Å². The fourth-order valence-corrected chi connectivity index (χ4v) is 5.91. The molecule has 51 heavy (non-hydrogen) atoms. The number of aromatic hydroxyl groups is 1. The van der Waals surface area contributed by atoms with Crippen LogP contribution in [0.1, 0.15) is 52.7 Å². The minimum atomic E-state index is -1.84. The quantitative estimate of drug-likeness (QED) is 0.0457. The van der Waals surface area contributed by atoms with Crippen molar-refractivity contribution >= 4 is 31.8 Å². The minimum Gasteiger partial charge on any atom is -0.507 e. The van der Waals surface area contributed by atoms with Crippen molar-refractivity contribution in [3.8, 4) is 39.4 Å². The van der Waals surface area contributed by atoms with Crippen LogP contribution in [-0.2, 0) is 10.8 Å². The maximum atomic E-state index is 15.7. The van der Waals surface area contributed by atoms with Gasteiger partial charge in [0.2, 0.25) is 0 Å². The molecule has 1 unspecified atom stereocenters. The molecule has 0 radical (unpaired) electrons. The van der Waals surface area contributed by atoms with Gasteiger partial charge in [0.15, 0.2) is 23.3 Å². The lowest BCUT2D eigenvalue weighted by molar-refractivity contribution is 0.442. The van der Waals surface area contributed by atoms with Crippen molar-refractivity contribution in [3.05, 3.63) is 139 Å². The summed E-state index contributed by atoms with van der Waals surface area (Å²) >= 11 is 0. The van der Waals surface area contributed by atoms with Crippen LogP contribution in [0.15, 0.2) is 109 Å². The van der Waals surface area contributed by atoms with Crippen LogP contribution in [0, 0.1) is 23.3 Å². The SMILES string of the molecule is C=CN=C(C=C)N(c1cccc(-c2cc(-c3cc(C(C)(C)C)cc(C(C)(C)C)c3)cc(-c3ccccc3O)n2)c1)c1c(F)c(F)c(F)c(P)c1F. The Morgan fingerprint density at radius 3 is 1.92 bits per heavy atom. The molecule has 0 aliphatic rings. The van der Waals surface area contributed by atoms with E-state index in [0.717, 1.165) is 33.4 Å². The molecule has 0 aliphatic heterocycles. The second-order valence-electron chi connectivity index (χ2n) is 14.2. The van der Waals surface area contributed by atoms with E-state index in [0.29, 0.717) is 22.5 Å². The minimum absolute atomic E-state index is 0.0423. The highest BCUT2D eigenvalue weighted by molar-refractivity contribution is 7.27. The van der Waals surface area contributed by atoms with Crippen LogP contribution in [0.25, 0.3) is 33.6 Å². The number of anilines is 2. The number of phenols is 1. The largest absolute Gasteiger partial charge is 0.507 e. The molecular formula is C42H40F4N3OP. The first-order chi connectivity index (χ1) is 24.0. The Kier molecular flexibility index (Phi) is 10.4. The zero-order valence-corrected chi connectivity index (χ0v) is 30.6. The van der Waals surface area contributed by atoms with Gasteiger partial charge in [-0.3, -0.25) is 4.90 Å². The van der Waals surface area contributed by atoms with Gasteiger partial charge < -0.3 is 5.11 Å². The Labute approximate surface area is 299 Å². The van der Waals surface area contributed by atoms with E-state index in [1.165, 1.54) is 6.08 Å². The van der Waals surface area contributed by atoms with Crippen LogP contribution in [0.4, 0.5) is 28.9 Å². The summed E-state index contributed by atoms with van der Waals surface area (Å²) in [4.78, 5) is 10.1. The van der Waals surface area contributed by atoms with E-state index in [1.807, 2.05) is 12.1 Å². The van der Waals surface area contributed by atoms with Crippen molar-refractivity contribution in [2.24, 2.45) is 4.99 Å². The Bertz CT molecular complexity index is 2140. The summed E-state index contributed by atoms with van der Waals surface area (Å²) in [5.41, 5.74) is 5.02. The fraction of sp³-hybridized carbons (Fsp3) is 0.190. The van der Waals surface area contributed by atoms with E-state index in [1.54, 1.807) is 57.8 Å². The molecule has 4 nitrogen and oxygen atoms in total. The molecule has 0 bridgehead atoms. The Hall–Kier alpha value is -5.07. The number of nitrogens with zero attached hydrogens (tertiary/aromatic N) is 3. The summed E-state index contributed by atoms with van der Waals surface area (Å²) < 4.78 is 60.4. The van der Waals surface area contributed by atoms with Gasteiger partial charge in [0.1, 0.15) is 17.3 Å². The third kappa shape index (κ3) is 7.52. The van der Waals surface area contributed by atoms with Crippen molar-refractivity contribution in [2.75, 3.05) is 4.90 Å². The van der Waals surface area contributed by atoms with Gasteiger partial charge in [-0.1, -0.05) is 106 Å². The van der Waals surface area contributed by atoms with Gasteiger partial charge in [-0.15, -0.1) is 0 Å². The number of para-hydroxylation sites is 1. The fourth-order valence-electron chi connectivity index (χ4n) is 5.64. The molecule has 0 aliphatic carbocycles. The van der Waals surface area contributed by atoms with Gasteiger partial charge in [0, 0.05) is 28.3 Å². The van der Waals surface area contributed by atoms with Crippen molar-refractivity contribution in [1.82, 2.24) is 4.98 Å². The molecule has 0 amide bonds. The van der Waals surface area contributed by atoms with E-state index in [9.17, 15) is 13.9 Å². The third-order valence-corrected chi connectivity index (χ3v) is 9.04. The monoisotopic (exact) mass is 709 g/mol. The number of rotatable bonds is 7. The first-order valence-electron chi connectivity index (χ1n) is 16.3. The van der Waals surface area contributed by atoms with Gasteiger partial charge in [-0.25, -0.2) is 27.5 Å². The molecule has 1 atom stereocenters. The van der Waals surface area contributed by atoms with E-state index in [2.05, 4.69) is 77.9 Å². The van der Waals surface area contributed by atoms with Crippen LogP contribution < -0.4 is 10.2 Å². The lowest BCUT2D eigenvalue weighted by Gasteiger charge is -2.27. The van der Waals surface area contributed by atoms with E-state index in [4.69, 9.17) is 4.98 Å². The number of hydrogen-bond acceptors (Lipinski definition) is 3. The van der Waals surface area contributed by atoms with Crippen LogP contribution in [-0.4, -0.2) is 15.9 Å².